The van der Waals surface area contributed by atoms with Gasteiger partial charge in [0, 0.05) is 0 Å². The first-order chi connectivity index (χ1) is 10.6. The Bertz CT molecular complexity index is 625. The number of aliphatic carboxylic acids is 1. The molecule has 0 aromatic rings. The van der Waals surface area contributed by atoms with Gasteiger partial charge in [0.2, 0.25) is 0 Å². The predicted octanol–water partition coefficient (Wildman–Crippen LogP) is -0.829. The third-order valence-electron chi connectivity index (χ3n) is 5.16. The summed E-state index contributed by atoms with van der Waals surface area (Å²) in [6, 6.07) is 0. The lowest BCUT2D eigenvalue weighted by Gasteiger charge is -2.43. The van der Waals surface area contributed by atoms with Gasteiger partial charge in [-0.3, -0.25) is 9.59 Å². The number of ether oxygens (including phenoxy) is 2. The molecule has 23 heavy (non-hydrogen) atoms. The molecule has 2 bridgehead atoms. The largest absolute Gasteiger partial charge is 0.481 e. The van der Waals surface area contributed by atoms with E-state index in [-0.39, 0.29) is 6.42 Å². The van der Waals surface area contributed by atoms with E-state index in [2.05, 4.69) is 0 Å². The van der Waals surface area contributed by atoms with Crippen LogP contribution in [0, 0.1) is 5.92 Å². The van der Waals surface area contributed by atoms with Crippen molar-refractivity contribution in [3.8, 4) is 0 Å². The Hall–Kier alpha value is -1.77. The van der Waals surface area contributed by atoms with Gasteiger partial charge >= 0.3 is 11.9 Å². The van der Waals surface area contributed by atoms with Crippen molar-refractivity contribution in [2.45, 2.75) is 56.2 Å². The summed E-state index contributed by atoms with van der Waals surface area (Å²) in [4.78, 5) is 36.0. The van der Waals surface area contributed by atoms with Gasteiger partial charge in [-0.1, -0.05) is 0 Å². The van der Waals surface area contributed by atoms with Crippen molar-refractivity contribution < 1.29 is 39.2 Å². The zero-order valence-electron chi connectivity index (χ0n) is 12.7. The van der Waals surface area contributed by atoms with Gasteiger partial charge in [0.15, 0.2) is 23.1 Å². The van der Waals surface area contributed by atoms with E-state index in [1.165, 1.54) is 0 Å². The number of carbonyl (C=O) groups is 3. The number of carboxylic acid groups (broad SMARTS) is 1. The molecule has 0 saturated carbocycles. The normalized spacial score (nSPS) is 44.0. The van der Waals surface area contributed by atoms with Crippen LogP contribution in [-0.2, 0) is 23.9 Å². The molecule has 0 aromatic carbocycles. The molecule has 3 aliphatic rings. The molecular formula is C15H18O8. The van der Waals surface area contributed by atoms with Gasteiger partial charge in [-0.25, -0.2) is 4.79 Å². The number of ketones is 1. The highest BCUT2D eigenvalue weighted by Crippen LogP contribution is 2.46. The van der Waals surface area contributed by atoms with Crippen LogP contribution in [0.5, 0.6) is 0 Å². The summed E-state index contributed by atoms with van der Waals surface area (Å²) in [7, 11) is 0. The second kappa shape index (κ2) is 4.86. The fourth-order valence-electron chi connectivity index (χ4n) is 3.53. The molecule has 3 heterocycles. The van der Waals surface area contributed by atoms with Gasteiger partial charge in [-0.15, -0.1) is 0 Å². The van der Waals surface area contributed by atoms with Crippen LogP contribution in [0.4, 0.5) is 0 Å². The summed E-state index contributed by atoms with van der Waals surface area (Å²) in [5.74, 6) is -4.85. The highest BCUT2D eigenvalue weighted by molar-refractivity contribution is 6.02. The molecule has 0 amide bonds. The summed E-state index contributed by atoms with van der Waals surface area (Å²) in [6.07, 6.45) is -1.87. The molecule has 8 heteroatoms. The molecule has 2 saturated heterocycles. The highest BCUT2D eigenvalue weighted by Gasteiger charge is 2.69. The first-order valence-electron chi connectivity index (χ1n) is 7.39. The molecule has 0 aromatic heterocycles. The zero-order chi connectivity index (χ0) is 17.2. The van der Waals surface area contributed by atoms with Crippen molar-refractivity contribution in [1.82, 2.24) is 0 Å². The number of carboxylic acids is 1. The Morgan fingerprint density at radius 3 is 2.61 bits per heavy atom. The van der Waals surface area contributed by atoms with Gasteiger partial charge in [0.1, 0.15) is 6.10 Å². The number of hydrogen-bond acceptors (Lipinski definition) is 7. The van der Waals surface area contributed by atoms with E-state index in [0.29, 0.717) is 12.0 Å². The van der Waals surface area contributed by atoms with E-state index < -0.39 is 53.2 Å². The Kier molecular flexibility index (Phi) is 3.40. The van der Waals surface area contributed by atoms with E-state index in [4.69, 9.17) is 9.47 Å². The third-order valence-corrected chi connectivity index (χ3v) is 5.16. The Morgan fingerprint density at radius 2 is 2.00 bits per heavy atom. The number of rotatable bonds is 2. The second-order valence-electron chi connectivity index (χ2n) is 6.47. The molecular weight excluding hydrogens is 308 g/mol. The van der Waals surface area contributed by atoms with Crippen molar-refractivity contribution in [2.24, 2.45) is 5.92 Å². The van der Waals surface area contributed by atoms with Crippen LogP contribution in [0.3, 0.4) is 0 Å². The van der Waals surface area contributed by atoms with Gasteiger partial charge in [0.25, 0.3) is 0 Å². The standard InChI is InChI=1S/C15H18O8/c1-6-5-9(16)15(21,7(2)12(17)18)11-10-14(20,13(19)23-11)4-3-8(6)22-10/h5,7-8,10-11,20-21H,3-4H2,1-2H3,(H,17,18)/t7-,8+,10+,11-,14+,15-/m1/s1. The first kappa shape index (κ1) is 16.1. The number of fused-ring (bicyclic) bond motifs is 1. The molecule has 3 rings (SSSR count). The minimum absolute atomic E-state index is 0.0502. The summed E-state index contributed by atoms with van der Waals surface area (Å²) >= 11 is 0. The summed E-state index contributed by atoms with van der Waals surface area (Å²) in [5, 5.41) is 30.7. The molecule has 0 radical (unpaired) electrons. The van der Waals surface area contributed by atoms with Crippen molar-refractivity contribution in [1.29, 1.82) is 0 Å². The summed E-state index contributed by atoms with van der Waals surface area (Å²) in [6.45, 7) is 2.77. The fraction of sp³-hybridized carbons (Fsp3) is 0.667. The Labute approximate surface area is 131 Å². The summed E-state index contributed by atoms with van der Waals surface area (Å²) in [5.41, 5.74) is -3.99. The van der Waals surface area contributed by atoms with Crippen LogP contribution in [0.1, 0.15) is 26.7 Å². The number of carbonyl (C=O) groups excluding carboxylic acids is 2. The third kappa shape index (κ3) is 1.98. The lowest BCUT2D eigenvalue weighted by Crippen LogP contribution is -2.64. The van der Waals surface area contributed by atoms with Gasteiger partial charge in [-0.05, 0) is 38.3 Å². The summed E-state index contributed by atoms with van der Waals surface area (Å²) < 4.78 is 10.8. The molecule has 0 spiro atoms. The minimum atomic E-state index is -2.51. The van der Waals surface area contributed by atoms with Crippen LogP contribution in [0.15, 0.2) is 11.6 Å². The van der Waals surface area contributed by atoms with Crippen molar-refractivity contribution in [3.05, 3.63) is 11.6 Å². The number of hydrogen-bond donors (Lipinski definition) is 3. The van der Waals surface area contributed by atoms with Crippen LogP contribution in [0.2, 0.25) is 0 Å². The molecule has 3 N–H and O–H groups in total. The van der Waals surface area contributed by atoms with Crippen molar-refractivity contribution >= 4 is 17.7 Å². The maximum atomic E-state index is 12.6. The molecule has 8 nitrogen and oxygen atoms in total. The maximum Gasteiger partial charge on any atom is 0.341 e. The second-order valence-corrected chi connectivity index (χ2v) is 6.47. The lowest BCUT2D eigenvalue weighted by atomic mass is 9.72. The zero-order valence-corrected chi connectivity index (χ0v) is 12.7. The molecule has 3 aliphatic heterocycles. The fourth-order valence-corrected chi connectivity index (χ4v) is 3.53. The first-order valence-corrected chi connectivity index (χ1v) is 7.39. The van der Waals surface area contributed by atoms with Crippen molar-refractivity contribution in [3.63, 3.8) is 0 Å². The molecule has 6 atom stereocenters. The lowest BCUT2D eigenvalue weighted by molar-refractivity contribution is -0.199. The van der Waals surface area contributed by atoms with E-state index in [1.54, 1.807) is 6.92 Å². The topological polar surface area (TPSA) is 130 Å². The smallest absolute Gasteiger partial charge is 0.341 e. The Morgan fingerprint density at radius 1 is 1.35 bits per heavy atom. The van der Waals surface area contributed by atoms with Crippen LogP contribution < -0.4 is 0 Å². The minimum Gasteiger partial charge on any atom is -0.481 e. The molecule has 0 unspecified atom stereocenters. The SMILES string of the molecule is CC1=CC(=O)[C@](O)([C@H](C)C(=O)O)[C@@H]2OC(=O)[C@]3(O)CC[C@@H]1O[C@@H]23. The van der Waals surface area contributed by atoms with Gasteiger partial charge in [0.05, 0.1) is 12.0 Å². The van der Waals surface area contributed by atoms with Crippen molar-refractivity contribution in [2.75, 3.05) is 0 Å². The monoisotopic (exact) mass is 326 g/mol. The highest BCUT2D eigenvalue weighted by atomic mass is 16.6. The van der Waals surface area contributed by atoms with E-state index >= 15 is 0 Å². The Balaban J connectivity index is 2.18. The van der Waals surface area contributed by atoms with Crippen LogP contribution in [-0.4, -0.2) is 62.6 Å². The number of esters is 1. The quantitative estimate of drug-likeness (QED) is 0.561. The van der Waals surface area contributed by atoms with Crippen LogP contribution >= 0.6 is 0 Å². The number of aliphatic hydroxyl groups is 2. The van der Waals surface area contributed by atoms with E-state index in [1.807, 2.05) is 0 Å². The average Bonchev–Trinajstić information content (AvgIpc) is 2.75. The maximum absolute atomic E-state index is 12.6. The van der Waals surface area contributed by atoms with Gasteiger partial charge < -0.3 is 24.8 Å². The predicted molar refractivity (Wildman–Crippen MR) is 73.2 cm³/mol. The van der Waals surface area contributed by atoms with E-state index in [9.17, 15) is 29.7 Å². The molecule has 126 valence electrons. The van der Waals surface area contributed by atoms with Gasteiger partial charge in [-0.2, -0.15) is 0 Å². The molecule has 2 fully saturated rings. The average molecular weight is 326 g/mol. The van der Waals surface area contributed by atoms with Crippen LogP contribution in [0.25, 0.3) is 0 Å². The van der Waals surface area contributed by atoms with E-state index in [0.717, 1.165) is 13.0 Å². The molecule has 0 aliphatic carbocycles.